The quantitative estimate of drug-likeness (QED) is 0.130. The van der Waals surface area contributed by atoms with Gasteiger partial charge in [-0.15, -0.1) is 0 Å². The van der Waals surface area contributed by atoms with Crippen molar-refractivity contribution in [2.45, 2.75) is 0 Å². The highest BCUT2D eigenvalue weighted by atomic mass is 16.7. The smallest absolute Gasteiger partial charge is 0.480 e. The Kier molecular flexibility index (Phi) is 16.6. The zero-order valence-corrected chi connectivity index (χ0v) is 21.7. The molecule has 1 rings (SSSR count). The Morgan fingerprint density at radius 1 is 0.632 bits per heavy atom. The summed E-state index contributed by atoms with van der Waals surface area (Å²) in [4.78, 5) is 64.1. The number of ether oxygens (including phenoxy) is 3. The molecule has 218 valence electrons. The summed E-state index contributed by atoms with van der Waals surface area (Å²) in [5.74, 6) is -3.34. The predicted octanol–water partition coefficient (Wildman–Crippen LogP) is -2.62. The van der Waals surface area contributed by atoms with Gasteiger partial charge in [0.15, 0.2) is 0 Å². The summed E-state index contributed by atoms with van der Waals surface area (Å²) < 4.78 is 14.3. The summed E-state index contributed by atoms with van der Waals surface area (Å²) in [6.07, 6.45) is -0.811. The first-order chi connectivity index (χ1) is 18.1. The molecule has 0 spiro atoms. The van der Waals surface area contributed by atoms with Gasteiger partial charge in [0, 0.05) is 58.9 Å². The number of nitrogens with zero attached hydrogens (tertiary/aromatic N) is 4. The van der Waals surface area contributed by atoms with Crippen molar-refractivity contribution in [3.63, 3.8) is 0 Å². The van der Waals surface area contributed by atoms with Gasteiger partial charge in [-0.3, -0.25) is 38.8 Å². The van der Waals surface area contributed by atoms with Crippen LogP contribution in [0.15, 0.2) is 0 Å². The second-order valence-corrected chi connectivity index (χ2v) is 8.55. The van der Waals surface area contributed by atoms with E-state index in [1.807, 2.05) is 4.90 Å². The second kappa shape index (κ2) is 19.1. The first-order valence-corrected chi connectivity index (χ1v) is 12.2. The van der Waals surface area contributed by atoms with Gasteiger partial charge in [-0.25, -0.2) is 4.79 Å². The van der Waals surface area contributed by atoms with Gasteiger partial charge in [0.25, 0.3) is 0 Å². The van der Waals surface area contributed by atoms with Crippen LogP contribution in [0.4, 0.5) is 4.79 Å². The third-order valence-corrected chi connectivity index (χ3v) is 5.56. The maximum atomic E-state index is 12.5. The molecular weight excluding hydrogens is 510 g/mol. The third-order valence-electron chi connectivity index (χ3n) is 5.56. The van der Waals surface area contributed by atoms with Crippen LogP contribution < -0.4 is 5.32 Å². The predicted molar refractivity (Wildman–Crippen MR) is 131 cm³/mol. The number of carbonyl (C=O) groups excluding carboxylic acids is 2. The minimum Gasteiger partial charge on any atom is -0.480 e. The Hall–Kier alpha value is -3.05. The minimum atomic E-state index is -1.02. The average molecular weight is 550 g/mol. The first-order valence-electron chi connectivity index (χ1n) is 12.2. The molecule has 0 aromatic carbocycles. The Balaban J connectivity index is 2.69. The Morgan fingerprint density at radius 2 is 1.03 bits per heavy atom. The molecule has 0 saturated carbocycles. The van der Waals surface area contributed by atoms with Crippen molar-refractivity contribution in [1.29, 1.82) is 0 Å². The van der Waals surface area contributed by atoms with Crippen LogP contribution in [0.25, 0.3) is 0 Å². The lowest BCUT2D eigenvalue weighted by atomic mass is 10.3. The molecule has 0 aromatic rings. The summed E-state index contributed by atoms with van der Waals surface area (Å²) in [6.45, 7) is 2.42. The maximum Gasteiger partial charge on any atom is 0.508 e. The van der Waals surface area contributed by atoms with Crippen LogP contribution in [-0.2, 0) is 33.4 Å². The molecule has 16 heteroatoms. The molecule has 1 fully saturated rings. The van der Waals surface area contributed by atoms with Crippen molar-refractivity contribution >= 4 is 30.0 Å². The highest BCUT2D eigenvalue weighted by Gasteiger charge is 2.21. The van der Waals surface area contributed by atoms with Crippen molar-refractivity contribution < 1.29 is 53.5 Å². The average Bonchev–Trinajstić information content (AvgIpc) is 2.83. The van der Waals surface area contributed by atoms with Crippen molar-refractivity contribution in [3.8, 4) is 0 Å². The molecule has 0 aromatic heterocycles. The Morgan fingerprint density at radius 3 is 1.39 bits per heavy atom. The van der Waals surface area contributed by atoms with E-state index >= 15 is 0 Å². The highest BCUT2D eigenvalue weighted by molar-refractivity contribution is 5.78. The van der Waals surface area contributed by atoms with E-state index in [0.29, 0.717) is 52.4 Å². The van der Waals surface area contributed by atoms with Gasteiger partial charge < -0.3 is 34.8 Å². The summed E-state index contributed by atoms with van der Waals surface area (Å²) in [6, 6.07) is 0. The molecular formula is C22H39N5O11. The number of carboxylic acids is 3. The fourth-order valence-electron chi connectivity index (χ4n) is 3.65. The van der Waals surface area contributed by atoms with Crippen LogP contribution in [0.5, 0.6) is 0 Å². The van der Waals surface area contributed by atoms with Crippen LogP contribution >= 0.6 is 0 Å². The lowest BCUT2D eigenvalue weighted by molar-refractivity contribution is -0.140. The molecule has 0 bridgehead atoms. The maximum absolute atomic E-state index is 12.5. The third kappa shape index (κ3) is 16.6. The van der Waals surface area contributed by atoms with Crippen LogP contribution in [0, 0.1) is 0 Å². The van der Waals surface area contributed by atoms with E-state index in [9.17, 15) is 39.3 Å². The lowest BCUT2D eigenvalue weighted by Crippen LogP contribution is -2.50. The standard InChI is InChI=1S/C22H39N5O11/c1-36-22(35)38-13-12-37-11-2-23-18(28)14-24-3-5-25(15-19(29)30)7-9-27(17-21(33)34)10-8-26(6-4-24)16-20(31)32/h2-17H2,1H3,(H,23,28)(H,29,30)(H,31,32)(H,33,34). The zero-order chi connectivity index (χ0) is 28.3. The SMILES string of the molecule is COC(=O)OCCOCCNC(=O)CN1CCN(CC(=O)O)CCN(CC(=O)O)CCN(CC(=O)O)CC1. The molecule has 0 radical (unpaired) electrons. The number of rotatable bonds is 14. The van der Waals surface area contributed by atoms with Gasteiger partial charge in [-0.2, -0.15) is 0 Å². The van der Waals surface area contributed by atoms with Crippen LogP contribution in [0.1, 0.15) is 0 Å². The normalized spacial score (nSPS) is 17.1. The monoisotopic (exact) mass is 549 g/mol. The number of carboxylic acid groups (broad SMARTS) is 3. The Bertz CT molecular complexity index is 738. The van der Waals surface area contributed by atoms with Gasteiger partial charge in [0.2, 0.25) is 5.91 Å². The van der Waals surface area contributed by atoms with Crippen molar-refractivity contribution in [2.75, 3.05) is 112 Å². The summed E-state index contributed by atoms with van der Waals surface area (Å²) in [5, 5.41) is 30.5. The summed E-state index contributed by atoms with van der Waals surface area (Å²) in [5.41, 5.74) is 0. The van der Waals surface area contributed by atoms with Gasteiger partial charge in [-0.05, 0) is 0 Å². The summed E-state index contributed by atoms with van der Waals surface area (Å²) in [7, 11) is 1.19. The van der Waals surface area contributed by atoms with E-state index in [-0.39, 0.29) is 58.5 Å². The first kappa shape index (κ1) is 33.0. The number of hydrogen-bond donors (Lipinski definition) is 4. The number of carbonyl (C=O) groups is 5. The number of methoxy groups -OCH3 is 1. The molecule has 38 heavy (non-hydrogen) atoms. The summed E-state index contributed by atoms with van der Waals surface area (Å²) >= 11 is 0. The minimum absolute atomic E-state index is 0.0123. The topological polar surface area (TPSA) is 199 Å². The van der Waals surface area contributed by atoms with E-state index in [4.69, 9.17) is 4.74 Å². The van der Waals surface area contributed by atoms with Gasteiger partial charge in [-0.1, -0.05) is 0 Å². The fourth-order valence-corrected chi connectivity index (χ4v) is 3.65. The molecule has 1 amide bonds. The van der Waals surface area contributed by atoms with Crippen molar-refractivity contribution in [3.05, 3.63) is 0 Å². The van der Waals surface area contributed by atoms with E-state index in [2.05, 4.69) is 14.8 Å². The number of nitrogens with one attached hydrogen (secondary N) is 1. The lowest BCUT2D eigenvalue weighted by Gasteiger charge is -2.32. The molecule has 1 saturated heterocycles. The van der Waals surface area contributed by atoms with E-state index in [1.165, 1.54) is 7.11 Å². The van der Waals surface area contributed by atoms with Crippen molar-refractivity contribution in [1.82, 2.24) is 24.9 Å². The second-order valence-electron chi connectivity index (χ2n) is 8.55. The van der Waals surface area contributed by atoms with Crippen LogP contribution in [0.3, 0.4) is 0 Å². The molecule has 1 heterocycles. The number of amides is 1. The van der Waals surface area contributed by atoms with Gasteiger partial charge in [0.05, 0.1) is 46.5 Å². The van der Waals surface area contributed by atoms with E-state index in [1.54, 1.807) is 14.7 Å². The fraction of sp³-hybridized carbons (Fsp3) is 0.773. The molecule has 0 aliphatic carbocycles. The molecule has 1 aliphatic rings. The Labute approximate surface area is 221 Å². The molecule has 1 aliphatic heterocycles. The molecule has 0 unspecified atom stereocenters. The largest absolute Gasteiger partial charge is 0.508 e. The zero-order valence-electron chi connectivity index (χ0n) is 21.7. The van der Waals surface area contributed by atoms with Crippen molar-refractivity contribution in [2.24, 2.45) is 0 Å². The molecule has 0 atom stereocenters. The van der Waals surface area contributed by atoms with Crippen LogP contribution in [-0.4, -0.2) is 177 Å². The van der Waals surface area contributed by atoms with Gasteiger partial charge in [0.1, 0.15) is 6.61 Å². The highest BCUT2D eigenvalue weighted by Crippen LogP contribution is 2.01. The number of hydrogen-bond acceptors (Lipinski definition) is 12. The van der Waals surface area contributed by atoms with Gasteiger partial charge >= 0.3 is 24.1 Å². The number of aliphatic carboxylic acids is 3. The van der Waals surface area contributed by atoms with E-state index < -0.39 is 24.1 Å². The van der Waals surface area contributed by atoms with Crippen LogP contribution in [0.2, 0.25) is 0 Å². The molecule has 4 N–H and O–H groups in total. The molecule has 16 nitrogen and oxygen atoms in total. The van der Waals surface area contributed by atoms with E-state index in [0.717, 1.165) is 0 Å².